The second-order valence-electron chi connectivity index (χ2n) is 12.4. The Labute approximate surface area is 252 Å². The first-order valence-corrected chi connectivity index (χ1v) is 15.5. The third-order valence-corrected chi connectivity index (χ3v) is 8.06. The van der Waals surface area contributed by atoms with Crippen molar-refractivity contribution in [3.8, 4) is 22.8 Å². The molecule has 43 heavy (non-hydrogen) atoms. The zero-order chi connectivity index (χ0) is 30.6. The molecule has 0 radical (unpaired) electrons. The lowest BCUT2D eigenvalue weighted by atomic mass is 9.96. The number of hydrogen-bond donors (Lipinski definition) is 1. The lowest BCUT2D eigenvalue weighted by Crippen LogP contribution is -2.23. The highest BCUT2D eigenvalue weighted by Crippen LogP contribution is 2.47. The van der Waals surface area contributed by atoms with E-state index in [0.29, 0.717) is 22.6 Å². The van der Waals surface area contributed by atoms with Gasteiger partial charge in [-0.3, -0.25) is 24.0 Å². The molecular formula is C29H39N8O5P. The summed E-state index contributed by atoms with van der Waals surface area (Å²) < 4.78 is 27.0. The van der Waals surface area contributed by atoms with Gasteiger partial charge in [-0.1, -0.05) is 19.3 Å². The predicted molar refractivity (Wildman–Crippen MR) is 161 cm³/mol. The Balaban J connectivity index is 1.27. The van der Waals surface area contributed by atoms with Crippen molar-refractivity contribution in [3.63, 3.8) is 0 Å². The first-order valence-electron chi connectivity index (χ1n) is 14.4. The minimum Gasteiger partial charge on any atom is -0.444 e. The molecule has 5 rings (SSSR count). The summed E-state index contributed by atoms with van der Waals surface area (Å²) in [4.78, 5) is 26.2. The number of carbonyl (C=O) groups excluding carboxylic acids is 1. The maximum atomic E-state index is 13.3. The van der Waals surface area contributed by atoms with Crippen molar-refractivity contribution in [2.75, 3.05) is 5.32 Å². The monoisotopic (exact) mass is 610 g/mol. The first-order chi connectivity index (χ1) is 20.4. The minimum absolute atomic E-state index is 0.0993. The number of nitrogens with zero attached hydrogens (tertiary/aromatic N) is 7. The second kappa shape index (κ2) is 13.0. The zero-order valence-electron chi connectivity index (χ0n) is 25.5. The molecule has 1 N–H and O–H groups in total. The SMILES string of the molecule is CC(C)(C)OP(OCn1cc(-c2nc(C(=O)Nc3cn(C4CCCCC4)nc3-c3cnccn3)co2)cn1)OC(C)(C)C. The molecular weight excluding hydrogens is 571 g/mol. The molecule has 0 atom stereocenters. The van der Waals surface area contributed by atoms with E-state index in [1.165, 1.54) is 12.7 Å². The van der Waals surface area contributed by atoms with E-state index < -0.39 is 25.7 Å². The van der Waals surface area contributed by atoms with Crippen molar-refractivity contribution in [2.24, 2.45) is 0 Å². The van der Waals surface area contributed by atoms with Crippen LogP contribution in [-0.4, -0.2) is 51.6 Å². The van der Waals surface area contributed by atoms with Gasteiger partial charge in [0.25, 0.3) is 5.91 Å². The summed E-state index contributed by atoms with van der Waals surface area (Å²) in [5, 5.41) is 12.1. The molecule has 1 amide bonds. The lowest BCUT2D eigenvalue weighted by molar-refractivity contribution is 0.0220. The summed E-state index contributed by atoms with van der Waals surface area (Å²) in [7, 11) is -1.63. The van der Waals surface area contributed by atoms with Crippen LogP contribution in [0, 0.1) is 0 Å². The van der Waals surface area contributed by atoms with Gasteiger partial charge in [-0.05, 0) is 54.4 Å². The Morgan fingerprint density at radius 3 is 2.47 bits per heavy atom. The predicted octanol–water partition coefficient (Wildman–Crippen LogP) is 6.78. The van der Waals surface area contributed by atoms with Crippen LogP contribution in [0.3, 0.4) is 0 Å². The van der Waals surface area contributed by atoms with Crippen LogP contribution >= 0.6 is 8.60 Å². The highest BCUT2D eigenvalue weighted by atomic mass is 31.2. The summed E-state index contributed by atoms with van der Waals surface area (Å²) in [6.07, 6.45) is 17.0. The van der Waals surface area contributed by atoms with E-state index >= 15 is 0 Å². The zero-order valence-corrected chi connectivity index (χ0v) is 26.4. The van der Waals surface area contributed by atoms with E-state index in [1.54, 1.807) is 35.7 Å². The van der Waals surface area contributed by atoms with E-state index in [-0.39, 0.29) is 24.4 Å². The van der Waals surface area contributed by atoms with Crippen LogP contribution < -0.4 is 5.32 Å². The van der Waals surface area contributed by atoms with Gasteiger partial charge in [-0.25, -0.2) is 9.67 Å². The Hall–Kier alpha value is -3.51. The number of anilines is 1. The molecule has 14 heteroatoms. The van der Waals surface area contributed by atoms with Crippen molar-refractivity contribution >= 4 is 20.2 Å². The molecule has 0 aromatic carbocycles. The highest BCUT2D eigenvalue weighted by molar-refractivity contribution is 7.41. The van der Waals surface area contributed by atoms with Crippen molar-refractivity contribution in [1.29, 1.82) is 0 Å². The number of hydrogen-bond acceptors (Lipinski definition) is 10. The van der Waals surface area contributed by atoms with Gasteiger partial charge in [-0.2, -0.15) is 10.2 Å². The van der Waals surface area contributed by atoms with Crippen LogP contribution in [0.15, 0.2) is 47.9 Å². The maximum Gasteiger partial charge on any atom is 0.335 e. The van der Waals surface area contributed by atoms with E-state index in [0.717, 1.165) is 25.7 Å². The molecule has 1 aliphatic carbocycles. The molecule has 0 bridgehead atoms. The molecule has 4 heterocycles. The number of oxazole rings is 1. The number of rotatable bonds is 10. The Morgan fingerprint density at radius 2 is 1.79 bits per heavy atom. The van der Waals surface area contributed by atoms with Gasteiger partial charge in [-0.15, -0.1) is 0 Å². The maximum absolute atomic E-state index is 13.3. The van der Waals surface area contributed by atoms with Crippen LogP contribution in [0.2, 0.25) is 0 Å². The summed E-state index contributed by atoms with van der Waals surface area (Å²) in [6.45, 7) is 11.8. The van der Waals surface area contributed by atoms with E-state index in [9.17, 15) is 4.79 Å². The molecule has 230 valence electrons. The Bertz CT molecular complexity index is 1480. The number of nitrogens with one attached hydrogen (secondary N) is 1. The van der Waals surface area contributed by atoms with Crippen molar-refractivity contribution < 1.29 is 22.8 Å². The van der Waals surface area contributed by atoms with E-state index in [4.69, 9.17) is 23.1 Å². The Morgan fingerprint density at radius 1 is 1.05 bits per heavy atom. The Kier molecular flexibility index (Phi) is 9.36. The van der Waals surface area contributed by atoms with Crippen LogP contribution in [-0.2, 0) is 20.3 Å². The number of amides is 1. The molecule has 0 spiro atoms. The van der Waals surface area contributed by atoms with Gasteiger partial charge >= 0.3 is 8.60 Å². The molecule has 4 aromatic heterocycles. The molecule has 1 saturated carbocycles. The summed E-state index contributed by atoms with van der Waals surface area (Å²) in [5.41, 5.74) is 1.50. The fraction of sp³-hybridized carbons (Fsp3) is 0.517. The topological polar surface area (TPSA) is 144 Å². The fourth-order valence-electron chi connectivity index (χ4n) is 4.49. The average molecular weight is 611 g/mol. The normalized spacial score (nSPS) is 14.9. The largest absolute Gasteiger partial charge is 0.444 e. The molecule has 1 fully saturated rings. The molecule has 4 aromatic rings. The molecule has 0 unspecified atom stereocenters. The third-order valence-electron chi connectivity index (χ3n) is 6.34. The van der Waals surface area contributed by atoms with Gasteiger partial charge in [0.1, 0.15) is 24.4 Å². The van der Waals surface area contributed by atoms with Gasteiger partial charge < -0.3 is 18.8 Å². The molecule has 0 aliphatic heterocycles. The van der Waals surface area contributed by atoms with Gasteiger partial charge in [0.05, 0.1) is 40.9 Å². The third kappa shape index (κ3) is 8.54. The standard InChI is InChI=1S/C29H39N8O5P/c1-28(2,3)41-43(42-29(4,5)6)40-19-36-16-20(14-32-36)27-34-24(18-39-27)26(38)33-23-17-37(21-10-8-7-9-11-21)35-25(23)22-15-30-12-13-31-22/h12-18,21H,7-11,19H2,1-6H3,(H,33,38). The van der Waals surface area contributed by atoms with Crippen molar-refractivity contribution in [3.05, 3.63) is 49.1 Å². The number of aromatic nitrogens is 7. The number of carbonyl (C=O) groups is 1. The van der Waals surface area contributed by atoms with E-state index in [2.05, 4.69) is 25.4 Å². The van der Waals surface area contributed by atoms with Gasteiger partial charge in [0.2, 0.25) is 5.89 Å². The molecule has 0 saturated heterocycles. The van der Waals surface area contributed by atoms with Crippen LogP contribution in [0.4, 0.5) is 5.69 Å². The molecule has 1 aliphatic rings. The smallest absolute Gasteiger partial charge is 0.335 e. The minimum atomic E-state index is -1.63. The fourth-order valence-corrected chi connectivity index (χ4v) is 5.74. The second-order valence-corrected chi connectivity index (χ2v) is 13.5. The van der Waals surface area contributed by atoms with Crippen LogP contribution in [0.5, 0.6) is 0 Å². The lowest BCUT2D eigenvalue weighted by Gasteiger charge is -2.30. The van der Waals surface area contributed by atoms with Crippen molar-refractivity contribution in [2.45, 2.75) is 97.6 Å². The van der Waals surface area contributed by atoms with Crippen LogP contribution in [0.25, 0.3) is 22.8 Å². The van der Waals surface area contributed by atoms with E-state index in [1.807, 2.05) is 52.4 Å². The van der Waals surface area contributed by atoms with Crippen molar-refractivity contribution in [1.82, 2.24) is 34.5 Å². The highest BCUT2D eigenvalue weighted by Gasteiger charge is 2.28. The summed E-state index contributed by atoms with van der Waals surface area (Å²) >= 11 is 0. The molecule has 13 nitrogen and oxygen atoms in total. The summed E-state index contributed by atoms with van der Waals surface area (Å²) in [5.74, 6) is -0.175. The van der Waals surface area contributed by atoms with Gasteiger partial charge in [0.15, 0.2) is 5.69 Å². The quantitative estimate of drug-likeness (QED) is 0.191. The van der Waals surface area contributed by atoms with Crippen LogP contribution in [0.1, 0.15) is 90.2 Å². The van der Waals surface area contributed by atoms with Gasteiger partial charge in [0, 0.05) is 24.8 Å². The summed E-state index contributed by atoms with van der Waals surface area (Å²) in [6, 6.07) is 0.283. The average Bonchev–Trinajstić information content (AvgIpc) is 3.71. The first kappa shape index (κ1) is 30.9.